The molecule has 0 aromatic carbocycles. The molecule has 21 heavy (non-hydrogen) atoms. The maximum Gasteiger partial charge on any atom is 0.219 e. The Kier molecular flexibility index (Phi) is 14.2. The van der Waals surface area contributed by atoms with E-state index in [-0.39, 0.29) is 11.9 Å². The molecule has 0 unspecified atom stereocenters. The number of carbonyl (C=O) groups excluding carboxylic acids is 1. The predicted octanol–water partition coefficient (Wildman–Crippen LogP) is 2.90. The van der Waals surface area contributed by atoms with Crippen molar-refractivity contribution in [2.75, 3.05) is 13.1 Å². The van der Waals surface area contributed by atoms with Crippen molar-refractivity contribution >= 4 is 11.9 Å². The number of nitrogens with two attached hydrogens (primary N) is 1. The number of hydrogen-bond acceptors (Lipinski definition) is 2. The summed E-state index contributed by atoms with van der Waals surface area (Å²) in [6.07, 6.45) is 12.6. The van der Waals surface area contributed by atoms with Crippen molar-refractivity contribution in [3.63, 3.8) is 0 Å². The Hall–Kier alpha value is -1.26. The molecule has 0 saturated carbocycles. The topological polar surface area (TPSA) is 91.0 Å². The fourth-order valence-electron chi connectivity index (χ4n) is 2.21. The fraction of sp³-hybridized carbons (Fsp3) is 0.875. The fourth-order valence-corrected chi connectivity index (χ4v) is 2.21. The van der Waals surface area contributed by atoms with Crippen LogP contribution in [0.2, 0.25) is 0 Å². The summed E-state index contributed by atoms with van der Waals surface area (Å²) >= 11 is 0. The van der Waals surface area contributed by atoms with Gasteiger partial charge in [-0.15, -0.1) is 0 Å². The second-order valence-electron chi connectivity index (χ2n) is 5.62. The van der Waals surface area contributed by atoms with Gasteiger partial charge in [0.15, 0.2) is 5.96 Å². The highest BCUT2D eigenvalue weighted by Crippen LogP contribution is 2.09. The van der Waals surface area contributed by atoms with Gasteiger partial charge in [-0.1, -0.05) is 51.9 Å². The molecule has 5 N–H and O–H groups in total. The number of carbonyl (C=O) groups is 1. The third-order valence-corrected chi connectivity index (χ3v) is 3.50. The Bertz CT molecular complexity index is 269. The van der Waals surface area contributed by atoms with Gasteiger partial charge in [0.1, 0.15) is 0 Å². The molecule has 0 aliphatic rings. The molecule has 5 heteroatoms. The average Bonchev–Trinajstić information content (AvgIpc) is 2.45. The van der Waals surface area contributed by atoms with Crippen LogP contribution in [-0.2, 0) is 4.79 Å². The van der Waals surface area contributed by atoms with E-state index >= 15 is 0 Å². The maximum absolute atomic E-state index is 11.6. The third kappa shape index (κ3) is 16.7. The van der Waals surface area contributed by atoms with Gasteiger partial charge in [-0.05, 0) is 19.3 Å². The van der Waals surface area contributed by atoms with Gasteiger partial charge >= 0.3 is 0 Å². The van der Waals surface area contributed by atoms with Crippen molar-refractivity contribution in [1.29, 1.82) is 5.41 Å². The number of rotatable bonds is 14. The number of unbranched alkanes of at least 4 members (excludes halogenated alkanes) is 8. The lowest BCUT2D eigenvalue weighted by Crippen LogP contribution is -2.31. The van der Waals surface area contributed by atoms with Crippen LogP contribution in [0.15, 0.2) is 0 Å². The number of guanidine groups is 1. The van der Waals surface area contributed by atoms with Crippen molar-refractivity contribution < 1.29 is 4.79 Å². The SMILES string of the molecule is CCCCCCCCCCC(=O)NCCCCNC(=N)N. The molecule has 0 aromatic heterocycles. The molecule has 0 saturated heterocycles. The van der Waals surface area contributed by atoms with E-state index in [1.165, 1.54) is 44.9 Å². The predicted molar refractivity (Wildman–Crippen MR) is 89.4 cm³/mol. The minimum absolute atomic E-state index is 0.00808. The number of hydrogen-bond donors (Lipinski definition) is 4. The molecule has 0 spiro atoms. The maximum atomic E-state index is 11.6. The lowest BCUT2D eigenvalue weighted by atomic mass is 10.1. The summed E-state index contributed by atoms with van der Waals surface area (Å²) in [5.74, 6) is 0.175. The molecule has 0 fully saturated rings. The van der Waals surface area contributed by atoms with Crippen molar-refractivity contribution in [2.45, 2.75) is 77.6 Å². The quantitative estimate of drug-likeness (QED) is 0.226. The summed E-state index contributed by atoms with van der Waals surface area (Å²) in [5, 5.41) is 12.7. The lowest BCUT2D eigenvalue weighted by Gasteiger charge is -2.06. The molecule has 0 radical (unpaired) electrons. The van der Waals surface area contributed by atoms with E-state index in [1.807, 2.05) is 0 Å². The summed E-state index contributed by atoms with van der Waals surface area (Å²) in [5.41, 5.74) is 5.17. The molecule has 0 heterocycles. The standard InChI is InChI=1S/C16H34N4O/c1-2-3-4-5-6-7-8-9-12-15(21)19-13-10-11-14-20-16(17)18/h2-14H2,1H3,(H,19,21)(H4,17,18,20). The highest BCUT2D eigenvalue weighted by Gasteiger charge is 2.00. The minimum Gasteiger partial charge on any atom is -0.370 e. The second kappa shape index (κ2) is 15.1. The summed E-state index contributed by atoms with van der Waals surface area (Å²) in [6.45, 7) is 3.65. The molecule has 1 amide bonds. The highest BCUT2D eigenvalue weighted by atomic mass is 16.1. The van der Waals surface area contributed by atoms with Crippen LogP contribution < -0.4 is 16.4 Å². The lowest BCUT2D eigenvalue weighted by molar-refractivity contribution is -0.121. The first kappa shape index (κ1) is 19.7. The summed E-state index contributed by atoms with van der Waals surface area (Å²) < 4.78 is 0. The van der Waals surface area contributed by atoms with Crippen molar-refractivity contribution in [2.24, 2.45) is 5.73 Å². The van der Waals surface area contributed by atoms with E-state index < -0.39 is 0 Å². The molecular weight excluding hydrogens is 264 g/mol. The molecule has 124 valence electrons. The van der Waals surface area contributed by atoms with Crippen LogP contribution in [0, 0.1) is 5.41 Å². The van der Waals surface area contributed by atoms with E-state index in [0.717, 1.165) is 25.8 Å². The summed E-state index contributed by atoms with van der Waals surface area (Å²) in [6, 6.07) is 0. The third-order valence-electron chi connectivity index (χ3n) is 3.50. The summed E-state index contributed by atoms with van der Waals surface area (Å²) in [4.78, 5) is 11.6. The number of nitrogens with one attached hydrogen (secondary N) is 3. The van der Waals surface area contributed by atoms with Crippen molar-refractivity contribution in [1.82, 2.24) is 10.6 Å². The van der Waals surface area contributed by atoms with Crippen LogP contribution in [-0.4, -0.2) is 25.0 Å². The first-order valence-electron chi connectivity index (χ1n) is 8.51. The van der Waals surface area contributed by atoms with Crippen LogP contribution in [0.5, 0.6) is 0 Å². The van der Waals surface area contributed by atoms with Gasteiger partial charge in [0.25, 0.3) is 0 Å². The van der Waals surface area contributed by atoms with E-state index in [1.54, 1.807) is 0 Å². The van der Waals surface area contributed by atoms with Gasteiger partial charge in [-0.25, -0.2) is 0 Å². The van der Waals surface area contributed by atoms with E-state index in [2.05, 4.69) is 17.6 Å². The minimum atomic E-state index is 0.00808. The Morgan fingerprint density at radius 1 is 0.857 bits per heavy atom. The normalized spacial score (nSPS) is 10.3. The Morgan fingerprint density at radius 3 is 1.95 bits per heavy atom. The first-order valence-corrected chi connectivity index (χ1v) is 8.51. The van der Waals surface area contributed by atoms with Gasteiger partial charge in [0.05, 0.1) is 0 Å². The zero-order chi connectivity index (χ0) is 15.8. The van der Waals surface area contributed by atoms with Crippen LogP contribution in [0.25, 0.3) is 0 Å². The van der Waals surface area contributed by atoms with Crippen LogP contribution in [0.3, 0.4) is 0 Å². The monoisotopic (exact) mass is 298 g/mol. The Balaban J connectivity index is 3.18. The van der Waals surface area contributed by atoms with Gasteiger partial charge in [-0.2, -0.15) is 0 Å². The molecule has 0 aliphatic carbocycles. The first-order chi connectivity index (χ1) is 10.2. The van der Waals surface area contributed by atoms with Crippen molar-refractivity contribution in [3.8, 4) is 0 Å². The van der Waals surface area contributed by atoms with Gasteiger partial charge in [0.2, 0.25) is 5.91 Å². The van der Waals surface area contributed by atoms with Crippen LogP contribution in [0.4, 0.5) is 0 Å². The molecule has 0 atom stereocenters. The highest BCUT2D eigenvalue weighted by molar-refractivity contribution is 5.75. The Morgan fingerprint density at radius 2 is 1.38 bits per heavy atom. The van der Waals surface area contributed by atoms with Crippen molar-refractivity contribution in [3.05, 3.63) is 0 Å². The molecule has 0 aliphatic heterocycles. The van der Waals surface area contributed by atoms with Gasteiger partial charge in [-0.3, -0.25) is 10.2 Å². The summed E-state index contributed by atoms with van der Waals surface area (Å²) in [7, 11) is 0. The number of amides is 1. The molecule has 0 bridgehead atoms. The molecule has 0 aromatic rings. The zero-order valence-electron chi connectivity index (χ0n) is 13.7. The van der Waals surface area contributed by atoms with Crippen LogP contribution >= 0.6 is 0 Å². The second-order valence-corrected chi connectivity index (χ2v) is 5.62. The average molecular weight is 298 g/mol. The van der Waals surface area contributed by atoms with Crippen LogP contribution in [0.1, 0.15) is 77.6 Å². The van der Waals surface area contributed by atoms with E-state index in [4.69, 9.17) is 11.1 Å². The zero-order valence-corrected chi connectivity index (χ0v) is 13.7. The van der Waals surface area contributed by atoms with E-state index in [0.29, 0.717) is 13.0 Å². The van der Waals surface area contributed by atoms with E-state index in [9.17, 15) is 4.79 Å². The molecule has 5 nitrogen and oxygen atoms in total. The van der Waals surface area contributed by atoms with Gasteiger partial charge < -0.3 is 16.4 Å². The van der Waals surface area contributed by atoms with Gasteiger partial charge in [0, 0.05) is 19.5 Å². The largest absolute Gasteiger partial charge is 0.370 e. The Labute approximate surface area is 129 Å². The molecular formula is C16H34N4O. The molecule has 0 rings (SSSR count). The smallest absolute Gasteiger partial charge is 0.219 e.